The van der Waals surface area contributed by atoms with Crippen molar-refractivity contribution < 1.29 is 18.0 Å². The summed E-state index contributed by atoms with van der Waals surface area (Å²) in [6, 6.07) is 6.89. The van der Waals surface area contributed by atoms with Crippen LogP contribution < -0.4 is 0 Å². The summed E-state index contributed by atoms with van der Waals surface area (Å²) in [5.41, 5.74) is 1.73. The van der Waals surface area contributed by atoms with Gasteiger partial charge in [-0.25, -0.2) is 12.7 Å². The van der Waals surface area contributed by atoms with E-state index in [9.17, 15) is 18.0 Å². The molecule has 178 valence electrons. The molecule has 3 aliphatic heterocycles. The Labute approximate surface area is 197 Å². The second-order valence-corrected chi connectivity index (χ2v) is 11.4. The Kier molecular flexibility index (Phi) is 7.57. The summed E-state index contributed by atoms with van der Waals surface area (Å²) >= 11 is 0. The number of hydrogen-bond acceptors (Lipinski definition) is 5. The quantitative estimate of drug-likeness (QED) is 0.643. The maximum atomic E-state index is 13.5. The lowest BCUT2D eigenvalue weighted by molar-refractivity contribution is -0.129. The van der Waals surface area contributed by atoms with E-state index in [0.29, 0.717) is 18.5 Å². The van der Waals surface area contributed by atoms with Crippen molar-refractivity contribution in [3.05, 3.63) is 35.4 Å². The van der Waals surface area contributed by atoms with Gasteiger partial charge in [0.1, 0.15) is 0 Å². The van der Waals surface area contributed by atoms with Crippen LogP contribution in [-0.2, 0) is 21.4 Å². The second kappa shape index (κ2) is 9.69. The highest BCUT2D eigenvalue weighted by molar-refractivity contribution is 7.88. The molecule has 3 heterocycles. The van der Waals surface area contributed by atoms with Crippen molar-refractivity contribution in [2.45, 2.75) is 58.2 Å². The molecule has 4 rings (SSSR count). The Morgan fingerprint density at radius 1 is 1.12 bits per heavy atom. The summed E-state index contributed by atoms with van der Waals surface area (Å²) in [6.45, 7) is 7.33. The van der Waals surface area contributed by atoms with Gasteiger partial charge in [0.2, 0.25) is 15.9 Å². The summed E-state index contributed by atoms with van der Waals surface area (Å²) < 4.78 is 25.7. The van der Waals surface area contributed by atoms with Gasteiger partial charge in [-0.15, -0.1) is 12.4 Å². The number of hydrogen-bond donors (Lipinski definition) is 0. The van der Waals surface area contributed by atoms with Crippen molar-refractivity contribution in [3.63, 3.8) is 0 Å². The molecule has 3 fully saturated rings. The number of carbonyl (C=O) groups is 2. The number of halogens is 1. The molecular formula is C23H34ClN3O4S. The fourth-order valence-electron chi connectivity index (χ4n) is 5.61. The zero-order valence-corrected chi connectivity index (χ0v) is 20.7. The predicted octanol–water partition coefficient (Wildman–Crippen LogP) is 2.75. The normalized spacial score (nSPS) is 26.4. The van der Waals surface area contributed by atoms with Gasteiger partial charge >= 0.3 is 0 Å². The summed E-state index contributed by atoms with van der Waals surface area (Å²) in [4.78, 5) is 30.7. The highest BCUT2D eigenvalue weighted by Crippen LogP contribution is 2.41. The van der Waals surface area contributed by atoms with Gasteiger partial charge in [0.25, 0.3) is 5.91 Å². The van der Waals surface area contributed by atoms with Crippen LogP contribution in [0.15, 0.2) is 24.3 Å². The van der Waals surface area contributed by atoms with Crippen molar-refractivity contribution in [2.24, 2.45) is 11.8 Å². The molecule has 7 nitrogen and oxygen atoms in total. The van der Waals surface area contributed by atoms with Crippen LogP contribution in [0.5, 0.6) is 0 Å². The van der Waals surface area contributed by atoms with E-state index < -0.39 is 28.0 Å². The standard InChI is InChI=1S/C23H33N3O4S.ClH/c1-16(2)20-21-19(26(23(20)28)31(3,29)30)10-13-25(21)22(27)18-9-7-8-17(14-18)15-24-11-5-4-6-12-24;/h7-9,14,16,19-21H,4-6,10-13,15H2,1-3H3;1H/t19-,20+,21-;/m0./s1. The van der Waals surface area contributed by atoms with Crippen LogP contribution in [0.25, 0.3) is 0 Å². The molecular weight excluding hydrogens is 450 g/mol. The first kappa shape index (κ1) is 25.0. The Hall–Kier alpha value is -1.64. The van der Waals surface area contributed by atoms with Crippen LogP contribution in [0.3, 0.4) is 0 Å². The number of amides is 2. The zero-order valence-electron chi connectivity index (χ0n) is 19.1. The van der Waals surface area contributed by atoms with Crippen molar-refractivity contribution in [1.29, 1.82) is 0 Å². The maximum absolute atomic E-state index is 13.5. The monoisotopic (exact) mass is 483 g/mol. The van der Waals surface area contributed by atoms with E-state index in [1.165, 1.54) is 19.3 Å². The molecule has 3 saturated heterocycles. The largest absolute Gasteiger partial charge is 0.333 e. The molecule has 0 aliphatic carbocycles. The van der Waals surface area contributed by atoms with Gasteiger partial charge < -0.3 is 4.90 Å². The molecule has 3 aliphatic rings. The number of carbonyl (C=O) groups excluding carboxylic acids is 2. The molecule has 3 atom stereocenters. The van der Waals surface area contributed by atoms with Crippen molar-refractivity contribution in [3.8, 4) is 0 Å². The number of fused-ring (bicyclic) bond motifs is 1. The van der Waals surface area contributed by atoms with E-state index in [1.54, 1.807) is 4.90 Å². The van der Waals surface area contributed by atoms with Crippen LogP contribution in [-0.4, -0.2) is 72.3 Å². The third-order valence-corrected chi connectivity index (χ3v) is 8.12. The molecule has 1 aromatic carbocycles. The lowest BCUT2D eigenvalue weighted by Gasteiger charge is -2.29. The van der Waals surface area contributed by atoms with Gasteiger partial charge in [-0.1, -0.05) is 32.4 Å². The highest BCUT2D eigenvalue weighted by atomic mass is 35.5. The zero-order chi connectivity index (χ0) is 22.3. The van der Waals surface area contributed by atoms with Crippen LogP contribution >= 0.6 is 12.4 Å². The third kappa shape index (κ3) is 4.68. The molecule has 0 unspecified atom stereocenters. The van der Waals surface area contributed by atoms with Gasteiger partial charge in [0, 0.05) is 18.7 Å². The first-order valence-electron chi connectivity index (χ1n) is 11.3. The first-order valence-corrected chi connectivity index (χ1v) is 13.2. The van der Waals surface area contributed by atoms with Gasteiger partial charge in [-0.3, -0.25) is 14.5 Å². The van der Waals surface area contributed by atoms with E-state index in [-0.39, 0.29) is 30.1 Å². The minimum atomic E-state index is -3.67. The molecule has 9 heteroatoms. The summed E-state index contributed by atoms with van der Waals surface area (Å²) in [5.74, 6) is -1.03. The Morgan fingerprint density at radius 2 is 1.81 bits per heavy atom. The van der Waals surface area contributed by atoms with Crippen molar-refractivity contribution in [2.75, 3.05) is 25.9 Å². The Balaban J connectivity index is 0.00000289. The molecule has 0 radical (unpaired) electrons. The molecule has 32 heavy (non-hydrogen) atoms. The Bertz CT molecular complexity index is 962. The smallest absolute Gasteiger partial charge is 0.254 e. The van der Waals surface area contributed by atoms with E-state index in [0.717, 1.165) is 35.8 Å². The van der Waals surface area contributed by atoms with Crippen molar-refractivity contribution in [1.82, 2.24) is 14.1 Å². The summed E-state index contributed by atoms with van der Waals surface area (Å²) in [5, 5.41) is 0. The molecule has 2 amide bonds. The number of rotatable bonds is 5. The average Bonchev–Trinajstić information content (AvgIpc) is 3.24. The minimum Gasteiger partial charge on any atom is -0.333 e. The molecule has 0 bridgehead atoms. The van der Waals surface area contributed by atoms with E-state index in [4.69, 9.17) is 0 Å². The fourth-order valence-corrected chi connectivity index (χ4v) is 6.79. The lowest BCUT2D eigenvalue weighted by atomic mass is 9.88. The lowest BCUT2D eigenvalue weighted by Crippen LogP contribution is -2.44. The van der Waals surface area contributed by atoms with Crippen LogP contribution in [0.2, 0.25) is 0 Å². The number of nitrogens with zero attached hydrogens (tertiary/aromatic N) is 3. The van der Waals surface area contributed by atoms with E-state index in [1.807, 2.05) is 32.0 Å². The molecule has 0 saturated carbocycles. The van der Waals surface area contributed by atoms with Crippen LogP contribution in [0.1, 0.15) is 55.5 Å². The highest BCUT2D eigenvalue weighted by Gasteiger charge is 2.58. The number of likely N-dealkylation sites (tertiary alicyclic amines) is 2. The average molecular weight is 484 g/mol. The molecule has 1 aromatic rings. The topological polar surface area (TPSA) is 78.0 Å². The van der Waals surface area contributed by atoms with Crippen LogP contribution in [0, 0.1) is 11.8 Å². The predicted molar refractivity (Wildman–Crippen MR) is 126 cm³/mol. The molecule has 0 aromatic heterocycles. The second-order valence-electron chi connectivity index (χ2n) is 9.55. The van der Waals surface area contributed by atoms with Crippen molar-refractivity contribution >= 4 is 34.2 Å². The third-order valence-electron chi connectivity index (χ3n) is 6.96. The van der Waals surface area contributed by atoms with Gasteiger partial charge in [-0.2, -0.15) is 0 Å². The van der Waals surface area contributed by atoms with Gasteiger partial charge in [0.05, 0.1) is 24.3 Å². The first-order chi connectivity index (χ1) is 14.7. The van der Waals surface area contributed by atoms with Gasteiger partial charge in [-0.05, 0) is 56.0 Å². The number of piperidine rings is 1. The molecule has 0 spiro atoms. The summed E-state index contributed by atoms with van der Waals surface area (Å²) in [6.07, 6.45) is 5.30. The van der Waals surface area contributed by atoms with Crippen LogP contribution in [0.4, 0.5) is 0 Å². The number of benzene rings is 1. The molecule has 0 N–H and O–H groups in total. The SMILES string of the molecule is CC(C)[C@H]1C(=O)N(S(C)(=O)=O)[C@H]2CCN(C(=O)c3cccc(CN4CCCCC4)c3)[C@H]12.Cl. The fraction of sp³-hybridized carbons (Fsp3) is 0.652. The number of sulfonamides is 1. The van der Waals surface area contributed by atoms with Gasteiger partial charge in [0.15, 0.2) is 0 Å². The summed E-state index contributed by atoms with van der Waals surface area (Å²) in [7, 11) is -3.67. The van der Waals surface area contributed by atoms with E-state index >= 15 is 0 Å². The Morgan fingerprint density at radius 3 is 2.44 bits per heavy atom. The van der Waals surface area contributed by atoms with E-state index in [2.05, 4.69) is 11.0 Å². The minimum absolute atomic E-state index is 0. The maximum Gasteiger partial charge on any atom is 0.254 e.